The second-order valence-corrected chi connectivity index (χ2v) is 9.75. The van der Waals surface area contributed by atoms with Crippen molar-refractivity contribution in [2.24, 2.45) is 0 Å². The third-order valence-corrected chi connectivity index (χ3v) is 6.57. The molecule has 198 valence electrons. The molecule has 0 aliphatic rings. The number of amides is 1. The number of rotatable bonds is 24. The molecule has 1 amide bonds. The van der Waals surface area contributed by atoms with Crippen molar-refractivity contribution in [1.82, 2.24) is 5.32 Å². The van der Waals surface area contributed by atoms with E-state index < -0.39 is 36.9 Å². The van der Waals surface area contributed by atoms with Gasteiger partial charge in [0.2, 0.25) is 5.91 Å². The summed E-state index contributed by atoms with van der Waals surface area (Å²) in [4.78, 5) is 12.3. The first-order valence-electron chi connectivity index (χ1n) is 13.9. The van der Waals surface area contributed by atoms with Crippen LogP contribution in [0.15, 0.2) is 0 Å². The molecule has 6 nitrogen and oxygen atoms in total. The molecule has 0 aromatic rings. The van der Waals surface area contributed by atoms with E-state index in [1.165, 1.54) is 70.6 Å². The standard InChI is InChI=1S/C27H55NO5/c1-3-5-7-9-11-12-13-15-17-19-21-25(31)27(33)28-23(22-29)26(32)24(30)20-18-16-14-10-8-6-4-2/h23-26,29-32H,3-22H2,1-2H3,(H,28,33). The summed E-state index contributed by atoms with van der Waals surface area (Å²) in [6, 6.07) is -0.973. The van der Waals surface area contributed by atoms with Crippen LogP contribution in [0.5, 0.6) is 0 Å². The van der Waals surface area contributed by atoms with Gasteiger partial charge in [-0.15, -0.1) is 0 Å². The zero-order valence-electron chi connectivity index (χ0n) is 21.6. The summed E-state index contributed by atoms with van der Waals surface area (Å²) in [5.74, 6) is -0.591. The smallest absolute Gasteiger partial charge is 0.249 e. The molecular weight excluding hydrogens is 418 g/mol. The zero-order valence-corrected chi connectivity index (χ0v) is 21.6. The van der Waals surface area contributed by atoms with Gasteiger partial charge in [0.1, 0.15) is 12.2 Å². The molecule has 33 heavy (non-hydrogen) atoms. The first-order chi connectivity index (χ1) is 16.0. The SMILES string of the molecule is CCCCCCCCCCCCC(O)C(=O)NC(CO)C(O)C(O)CCCCCCCCC. The van der Waals surface area contributed by atoms with Crippen LogP contribution in [-0.4, -0.2) is 57.3 Å². The Hall–Kier alpha value is -0.690. The quantitative estimate of drug-likeness (QED) is 0.127. The molecule has 0 saturated heterocycles. The molecular formula is C27H55NO5. The molecule has 0 aromatic heterocycles. The van der Waals surface area contributed by atoms with Crippen molar-refractivity contribution in [3.63, 3.8) is 0 Å². The fourth-order valence-electron chi connectivity index (χ4n) is 4.22. The Balaban J connectivity index is 3.96. The number of nitrogens with one attached hydrogen (secondary N) is 1. The minimum absolute atomic E-state index is 0.372. The molecule has 0 aliphatic heterocycles. The first kappa shape index (κ1) is 32.3. The summed E-state index contributed by atoms with van der Waals surface area (Å²) in [6.45, 7) is 3.93. The van der Waals surface area contributed by atoms with E-state index in [0.717, 1.165) is 38.5 Å². The summed E-state index contributed by atoms with van der Waals surface area (Å²) >= 11 is 0. The molecule has 0 aromatic carbocycles. The summed E-state index contributed by atoms with van der Waals surface area (Å²) in [5.41, 5.74) is 0. The molecule has 0 heterocycles. The van der Waals surface area contributed by atoms with E-state index in [4.69, 9.17) is 0 Å². The lowest BCUT2D eigenvalue weighted by molar-refractivity contribution is -0.132. The van der Waals surface area contributed by atoms with Crippen molar-refractivity contribution in [1.29, 1.82) is 0 Å². The van der Waals surface area contributed by atoms with Gasteiger partial charge in [-0.1, -0.05) is 123 Å². The molecule has 0 spiro atoms. The number of aliphatic hydroxyl groups is 4. The van der Waals surface area contributed by atoms with E-state index in [2.05, 4.69) is 19.2 Å². The number of carbonyl (C=O) groups excluding carboxylic acids is 1. The van der Waals surface area contributed by atoms with E-state index in [-0.39, 0.29) is 0 Å². The average Bonchev–Trinajstić information content (AvgIpc) is 2.82. The van der Waals surface area contributed by atoms with Gasteiger partial charge in [-0.2, -0.15) is 0 Å². The highest BCUT2D eigenvalue weighted by Gasteiger charge is 2.28. The molecule has 0 rings (SSSR count). The predicted octanol–water partition coefficient (Wildman–Crippen LogP) is 5.00. The molecule has 0 bridgehead atoms. The summed E-state index contributed by atoms with van der Waals surface area (Å²) in [6.07, 6.45) is 17.1. The Labute approximate surface area is 203 Å². The molecule has 0 aliphatic carbocycles. The number of hydrogen-bond donors (Lipinski definition) is 5. The Kier molecular flexibility index (Phi) is 22.6. The lowest BCUT2D eigenvalue weighted by atomic mass is 9.99. The molecule has 0 saturated carbocycles. The number of unbranched alkanes of at least 4 members (excludes halogenated alkanes) is 15. The van der Waals surface area contributed by atoms with E-state index in [0.29, 0.717) is 12.8 Å². The first-order valence-corrected chi connectivity index (χ1v) is 13.9. The monoisotopic (exact) mass is 473 g/mol. The zero-order chi connectivity index (χ0) is 24.7. The van der Waals surface area contributed by atoms with E-state index in [9.17, 15) is 25.2 Å². The Bertz CT molecular complexity index is 435. The molecule has 4 atom stereocenters. The largest absolute Gasteiger partial charge is 0.394 e. The third-order valence-electron chi connectivity index (χ3n) is 6.57. The lowest BCUT2D eigenvalue weighted by Crippen LogP contribution is -2.53. The van der Waals surface area contributed by atoms with Gasteiger partial charge < -0.3 is 25.7 Å². The van der Waals surface area contributed by atoms with Crippen molar-refractivity contribution >= 4 is 5.91 Å². The molecule has 0 radical (unpaired) electrons. The van der Waals surface area contributed by atoms with Gasteiger partial charge in [-0.25, -0.2) is 0 Å². The predicted molar refractivity (Wildman–Crippen MR) is 136 cm³/mol. The number of carbonyl (C=O) groups is 1. The van der Waals surface area contributed by atoms with Gasteiger partial charge >= 0.3 is 0 Å². The van der Waals surface area contributed by atoms with E-state index >= 15 is 0 Å². The van der Waals surface area contributed by atoms with Crippen LogP contribution in [0.1, 0.15) is 136 Å². The van der Waals surface area contributed by atoms with Crippen LogP contribution in [0, 0.1) is 0 Å². The van der Waals surface area contributed by atoms with Crippen molar-refractivity contribution in [3.05, 3.63) is 0 Å². The number of aliphatic hydroxyl groups excluding tert-OH is 4. The van der Waals surface area contributed by atoms with Crippen LogP contribution in [0.3, 0.4) is 0 Å². The Morgan fingerprint density at radius 3 is 1.45 bits per heavy atom. The molecule has 4 unspecified atom stereocenters. The van der Waals surface area contributed by atoms with E-state index in [1.807, 2.05) is 0 Å². The molecule has 5 N–H and O–H groups in total. The maximum absolute atomic E-state index is 12.3. The van der Waals surface area contributed by atoms with Crippen LogP contribution in [0.25, 0.3) is 0 Å². The molecule has 0 fully saturated rings. The topological polar surface area (TPSA) is 110 Å². The fraction of sp³-hybridized carbons (Fsp3) is 0.963. The highest BCUT2D eigenvalue weighted by Crippen LogP contribution is 2.14. The highest BCUT2D eigenvalue weighted by atomic mass is 16.3. The van der Waals surface area contributed by atoms with Crippen LogP contribution in [0.2, 0.25) is 0 Å². The van der Waals surface area contributed by atoms with Crippen LogP contribution >= 0.6 is 0 Å². The summed E-state index contributed by atoms with van der Waals surface area (Å²) < 4.78 is 0. The third kappa shape index (κ3) is 18.3. The summed E-state index contributed by atoms with van der Waals surface area (Å²) in [7, 11) is 0. The fourth-order valence-corrected chi connectivity index (χ4v) is 4.22. The van der Waals surface area contributed by atoms with Gasteiger partial charge in [-0.05, 0) is 12.8 Å². The normalized spacial score (nSPS) is 15.2. The average molecular weight is 474 g/mol. The number of hydrogen-bond acceptors (Lipinski definition) is 5. The van der Waals surface area contributed by atoms with Crippen molar-refractivity contribution in [2.75, 3.05) is 6.61 Å². The molecule has 6 heteroatoms. The van der Waals surface area contributed by atoms with Gasteiger partial charge in [0.05, 0.1) is 18.8 Å². The van der Waals surface area contributed by atoms with Gasteiger partial charge in [-0.3, -0.25) is 4.79 Å². The second-order valence-electron chi connectivity index (χ2n) is 9.75. The minimum atomic E-state index is -1.25. The Morgan fingerprint density at radius 1 is 0.636 bits per heavy atom. The van der Waals surface area contributed by atoms with Crippen LogP contribution < -0.4 is 5.32 Å². The van der Waals surface area contributed by atoms with Gasteiger partial charge in [0.25, 0.3) is 0 Å². The van der Waals surface area contributed by atoms with Crippen LogP contribution in [0.4, 0.5) is 0 Å². The van der Waals surface area contributed by atoms with Crippen molar-refractivity contribution in [3.8, 4) is 0 Å². The second kappa shape index (κ2) is 23.1. The maximum Gasteiger partial charge on any atom is 0.249 e. The minimum Gasteiger partial charge on any atom is -0.394 e. The van der Waals surface area contributed by atoms with Gasteiger partial charge in [0, 0.05) is 0 Å². The van der Waals surface area contributed by atoms with Crippen molar-refractivity contribution < 1.29 is 25.2 Å². The lowest BCUT2D eigenvalue weighted by Gasteiger charge is -2.27. The van der Waals surface area contributed by atoms with Gasteiger partial charge in [0.15, 0.2) is 0 Å². The summed E-state index contributed by atoms with van der Waals surface area (Å²) in [5, 5.41) is 42.8. The maximum atomic E-state index is 12.3. The van der Waals surface area contributed by atoms with Crippen LogP contribution in [-0.2, 0) is 4.79 Å². The van der Waals surface area contributed by atoms with E-state index in [1.54, 1.807) is 0 Å². The highest BCUT2D eigenvalue weighted by molar-refractivity contribution is 5.80. The van der Waals surface area contributed by atoms with Crippen molar-refractivity contribution in [2.45, 2.75) is 160 Å². The Morgan fingerprint density at radius 2 is 1.03 bits per heavy atom.